The molecule has 4 aromatic rings. The van der Waals surface area contributed by atoms with Gasteiger partial charge in [-0.2, -0.15) is 4.98 Å². The van der Waals surface area contributed by atoms with Gasteiger partial charge in [0.2, 0.25) is 11.1 Å². The summed E-state index contributed by atoms with van der Waals surface area (Å²) in [6, 6.07) is 25.9. The predicted octanol–water partition coefficient (Wildman–Crippen LogP) is 6.11. The summed E-state index contributed by atoms with van der Waals surface area (Å²) in [6.07, 6.45) is 0. The van der Waals surface area contributed by atoms with Gasteiger partial charge in [0.1, 0.15) is 6.04 Å². The Labute approximate surface area is 209 Å². The summed E-state index contributed by atoms with van der Waals surface area (Å²) in [5, 5.41) is 11.9. The van der Waals surface area contributed by atoms with Crippen LogP contribution in [-0.4, -0.2) is 20.7 Å². The minimum absolute atomic E-state index is 0.157. The zero-order valence-corrected chi connectivity index (χ0v) is 20.8. The molecule has 2 N–H and O–H groups in total. The Hall–Kier alpha value is -3.84. The van der Waals surface area contributed by atoms with E-state index in [0.717, 1.165) is 33.8 Å². The molecule has 0 spiro atoms. The summed E-state index contributed by atoms with van der Waals surface area (Å²) < 4.78 is 1.83. The van der Waals surface area contributed by atoms with E-state index in [1.54, 1.807) is 11.8 Å². The number of nitrogens with zero attached hydrogens (tertiary/aromatic N) is 3. The minimum atomic E-state index is -0.392. The molecule has 0 unspecified atom stereocenters. The van der Waals surface area contributed by atoms with Gasteiger partial charge in [-0.05, 0) is 43.5 Å². The molecule has 0 aliphatic carbocycles. The number of amides is 1. The Morgan fingerprint density at radius 1 is 1.00 bits per heavy atom. The van der Waals surface area contributed by atoms with Gasteiger partial charge in [0.05, 0.1) is 5.57 Å². The lowest BCUT2D eigenvalue weighted by molar-refractivity contribution is -0.113. The van der Waals surface area contributed by atoms with Crippen LogP contribution in [0, 0.1) is 13.8 Å². The number of aromatic nitrogens is 3. The number of hydrogen-bond donors (Lipinski definition) is 2. The van der Waals surface area contributed by atoms with Gasteiger partial charge in [-0.15, -0.1) is 5.10 Å². The summed E-state index contributed by atoms with van der Waals surface area (Å²) in [5.41, 5.74) is 6.55. The monoisotopic (exact) mass is 481 g/mol. The van der Waals surface area contributed by atoms with Crippen LogP contribution in [0.5, 0.6) is 0 Å². The van der Waals surface area contributed by atoms with Gasteiger partial charge in [-0.25, -0.2) is 4.68 Å². The maximum atomic E-state index is 13.7. The molecule has 0 fully saturated rings. The molecule has 0 radical (unpaired) electrons. The number of nitrogens with one attached hydrogen (secondary N) is 2. The fourth-order valence-electron chi connectivity index (χ4n) is 4.30. The SMILES string of the molecule is CC1=C(C(=O)Nc2ccc(C)cc2C)[C@@H](c2ccccc2)n2nc(SCc3ccccc3)nc2N1. The fraction of sp³-hybridized carbons (Fsp3) is 0.179. The maximum absolute atomic E-state index is 13.7. The van der Waals surface area contributed by atoms with Crippen LogP contribution in [-0.2, 0) is 10.5 Å². The number of thioether (sulfide) groups is 1. The third-order valence-electron chi connectivity index (χ3n) is 6.03. The van der Waals surface area contributed by atoms with E-state index < -0.39 is 6.04 Å². The van der Waals surface area contributed by atoms with Crippen LogP contribution in [0.25, 0.3) is 0 Å². The molecule has 0 bridgehead atoms. The Balaban J connectivity index is 1.48. The summed E-state index contributed by atoms with van der Waals surface area (Å²) in [4.78, 5) is 18.4. The van der Waals surface area contributed by atoms with Crippen LogP contribution >= 0.6 is 11.8 Å². The first-order chi connectivity index (χ1) is 17.0. The molecule has 7 heteroatoms. The van der Waals surface area contributed by atoms with Gasteiger partial charge in [0, 0.05) is 17.1 Å². The van der Waals surface area contributed by atoms with Crippen molar-refractivity contribution in [1.29, 1.82) is 0 Å². The van der Waals surface area contributed by atoms with Crippen molar-refractivity contribution in [2.24, 2.45) is 0 Å². The molecule has 0 saturated heterocycles. The zero-order chi connectivity index (χ0) is 24.4. The third kappa shape index (κ3) is 4.86. The van der Waals surface area contributed by atoms with Crippen LogP contribution in [0.2, 0.25) is 0 Å². The van der Waals surface area contributed by atoms with Crippen molar-refractivity contribution < 1.29 is 4.79 Å². The van der Waals surface area contributed by atoms with Crippen molar-refractivity contribution in [3.8, 4) is 0 Å². The Morgan fingerprint density at radius 3 is 2.43 bits per heavy atom. The second-order valence-electron chi connectivity index (χ2n) is 8.69. The number of fused-ring (bicyclic) bond motifs is 1. The second kappa shape index (κ2) is 9.80. The number of aryl methyl sites for hydroxylation is 2. The van der Waals surface area contributed by atoms with Gasteiger partial charge in [-0.1, -0.05) is 90.1 Å². The summed E-state index contributed by atoms with van der Waals surface area (Å²) >= 11 is 1.58. The number of rotatable bonds is 6. The van der Waals surface area contributed by atoms with Gasteiger partial charge < -0.3 is 10.6 Å². The summed E-state index contributed by atoms with van der Waals surface area (Å²) in [7, 11) is 0. The topological polar surface area (TPSA) is 71.8 Å². The van der Waals surface area contributed by atoms with E-state index in [2.05, 4.69) is 28.8 Å². The van der Waals surface area contributed by atoms with Crippen molar-refractivity contribution in [2.75, 3.05) is 10.6 Å². The summed E-state index contributed by atoms with van der Waals surface area (Å²) in [6.45, 7) is 5.96. The molecule has 176 valence electrons. The first-order valence-corrected chi connectivity index (χ1v) is 12.5. The molecule has 6 nitrogen and oxygen atoms in total. The van der Waals surface area contributed by atoms with E-state index >= 15 is 0 Å². The molecule has 2 heterocycles. The fourth-order valence-corrected chi connectivity index (χ4v) is 5.08. The van der Waals surface area contributed by atoms with Gasteiger partial charge in [0.25, 0.3) is 5.91 Å². The largest absolute Gasteiger partial charge is 0.328 e. The number of benzene rings is 3. The lowest BCUT2D eigenvalue weighted by Crippen LogP contribution is -2.31. The number of carbonyl (C=O) groups is 1. The number of hydrogen-bond acceptors (Lipinski definition) is 5. The van der Waals surface area contributed by atoms with Crippen LogP contribution in [0.4, 0.5) is 11.6 Å². The van der Waals surface area contributed by atoms with E-state index in [0.29, 0.717) is 16.7 Å². The summed E-state index contributed by atoms with van der Waals surface area (Å²) in [5.74, 6) is 1.25. The molecule has 1 aliphatic heterocycles. The quantitative estimate of drug-likeness (QED) is 0.325. The third-order valence-corrected chi connectivity index (χ3v) is 6.94. The predicted molar refractivity (Wildman–Crippen MR) is 141 cm³/mol. The van der Waals surface area contributed by atoms with E-state index in [-0.39, 0.29) is 5.91 Å². The lowest BCUT2D eigenvalue weighted by Gasteiger charge is -2.28. The highest BCUT2D eigenvalue weighted by Crippen LogP contribution is 2.37. The number of carbonyl (C=O) groups excluding carboxylic acids is 1. The van der Waals surface area contributed by atoms with E-state index in [1.807, 2.05) is 86.1 Å². The average Bonchev–Trinajstić information content (AvgIpc) is 3.27. The average molecular weight is 482 g/mol. The minimum Gasteiger partial charge on any atom is -0.328 e. The second-order valence-corrected chi connectivity index (χ2v) is 9.63. The molecular weight excluding hydrogens is 454 g/mol. The van der Waals surface area contributed by atoms with Gasteiger partial charge in [0.15, 0.2) is 0 Å². The van der Waals surface area contributed by atoms with Crippen LogP contribution in [0.1, 0.15) is 35.2 Å². The van der Waals surface area contributed by atoms with E-state index in [9.17, 15) is 4.79 Å². The highest BCUT2D eigenvalue weighted by Gasteiger charge is 2.34. The smallest absolute Gasteiger partial charge is 0.255 e. The molecule has 1 atom stereocenters. The standard InChI is InChI=1S/C28H27N5OS/c1-18-14-15-23(19(2)16-18)30-26(34)24-20(3)29-27-31-28(35-17-21-10-6-4-7-11-21)32-33(27)25(24)22-12-8-5-9-13-22/h4-16,25H,17H2,1-3H3,(H,30,34)(H,29,31,32)/t25-/m1/s1. The van der Waals surface area contributed by atoms with Crippen LogP contribution in [0.15, 0.2) is 95.3 Å². The van der Waals surface area contributed by atoms with E-state index in [1.165, 1.54) is 5.56 Å². The molecule has 1 aliphatic rings. The Morgan fingerprint density at radius 2 is 1.71 bits per heavy atom. The normalized spacial score (nSPS) is 14.9. The molecule has 0 saturated carbocycles. The van der Waals surface area contributed by atoms with Crippen molar-refractivity contribution >= 4 is 29.3 Å². The van der Waals surface area contributed by atoms with Crippen LogP contribution in [0.3, 0.4) is 0 Å². The zero-order valence-electron chi connectivity index (χ0n) is 19.9. The molecular formula is C28H27N5OS. The Bertz CT molecular complexity index is 1400. The molecule has 1 aromatic heterocycles. The van der Waals surface area contributed by atoms with Crippen molar-refractivity contribution in [3.63, 3.8) is 0 Å². The Kier molecular flexibility index (Phi) is 6.42. The highest BCUT2D eigenvalue weighted by molar-refractivity contribution is 7.98. The first kappa shape index (κ1) is 22.9. The van der Waals surface area contributed by atoms with Gasteiger partial charge in [-0.3, -0.25) is 4.79 Å². The van der Waals surface area contributed by atoms with Gasteiger partial charge >= 0.3 is 0 Å². The van der Waals surface area contributed by atoms with Crippen molar-refractivity contribution in [2.45, 2.75) is 37.7 Å². The van der Waals surface area contributed by atoms with Crippen LogP contribution < -0.4 is 10.6 Å². The first-order valence-electron chi connectivity index (χ1n) is 11.5. The molecule has 1 amide bonds. The van der Waals surface area contributed by atoms with Crippen molar-refractivity contribution in [1.82, 2.24) is 14.8 Å². The molecule has 5 rings (SSSR count). The maximum Gasteiger partial charge on any atom is 0.255 e. The molecule has 3 aromatic carbocycles. The van der Waals surface area contributed by atoms with E-state index in [4.69, 9.17) is 10.1 Å². The number of allylic oxidation sites excluding steroid dienone is 1. The highest BCUT2D eigenvalue weighted by atomic mass is 32.2. The lowest BCUT2D eigenvalue weighted by atomic mass is 9.95. The molecule has 35 heavy (non-hydrogen) atoms. The number of anilines is 2. The van der Waals surface area contributed by atoms with Crippen molar-refractivity contribution in [3.05, 3.63) is 112 Å².